The Morgan fingerprint density at radius 2 is 2.04 bits per heavy atom. The molecule has 0 spiro atoms. The fourth-order valence-corrected chi connectivity index (χ4v) is 4.95. The highest BCUT2D eigenvalue weighted by molar-refractivity contribution is 7.16. The molecule has 1 aliphatic carbocycles. The predicted octanol–water partition coefficient (Wildman–Crippen LogP) is 2.99. The molecule has 3 aromatic heterocycles. The molecule has 6 nitrogen and oxygen atoms in total. The summed E-state index contributed by atoms with van der Waals surface area (Å²) < 4.78 is 1.91. The van der Waals surface area contributed by atoms with Crippen molar-refractivity contribution in [3.8, 4) is 11.3 Å². The van der Waals surface area contributed by atoms with Crippen molar-refractivity contribution >= 4 is 33.7 Å². The average Bonchev–Trinajstić information content (AvgIpc) is 3.22. The Bertz CT molecular complexity index is 952. The number of carbonyl (C=O) groups is 1. The number of rotatable bonds is 2. The largest absolute Gasteiger partial charge is 0.286 e. The highest BCUT2D eigenvalue weighted by Crippen LogP contribution is 2.39. The van der Waals surface area contributed by atoms with E-state index in [-0.39, 0.29) is 5.91 Å². The van der Waals surface area contributed by atoms with E-state index in [1.165, 1.54) is 21.9 Å². The van der Waals surface area contributed by atoms with E-state index in [0.717, 1.165) is 39.9 Å². The Labute approximate surface area is 147 Å². The maximum absolute atomic E-state index is 12.8. The van der Waals surface area contributed by atoms with Gasteiger partial charge >= 0.3 is 0 Å². The molecule has 8 heteroatoms. The zero-order chi connectivity index (χ0) is 17.0. The molecule has 1 amide bonds. The van der Waals surface area contributed by atoms with Gasteiger partial charge in [0.05, 0.1) is 22.6 Å². The lowest BCUT2D eigenvalue weighted by Crippen LogP contribution is -2.25. The number of fused-ring (bicyclic) bond motifs is 3. The van der Waals surface area contributed by atoms with Crippen molar-refractivity contribution in [1.82, 2.24) is 19.7 Å². The quantitative estimate of drug-likeness (QED) is 0.706. The molecule has 0 saturated carbocycles. The van der Waals surface area contributed by atoms with E-state index in [1.807, 2.05) is 31.8 Å². The summed E-state index contributed by atoms with van der Waals surface area (Å²) in [5.41, 5.74) is 4.06. The van der Waals surface area contributed by atoms with Gasteiger partial charge in [0.2, 0.25) is 0 Å². The predicted molar refractivity (Wildman–Crippen MR) is 96.0 cm³/mol. The van der Waals surface area contributed by atoms with Gasteiger partial charge in [-0.1, -0.05) is 0 Å². The van der Waals surface area contributed by atoms with Crippen LogP contribution in [0.4, 0.5) is 5.13 Å². The minimum absolute atomic E-state index is 0.0457. The van der Waals surface area contributed by atoms with Crippen molar-refractivity contribution in [2.24, 2.45) is 7.05 Å². The van der Waals surface area contributed by atoms with Crippen molar-refractivity contribution in [3.63, 3.8) is 0 Å². The number of aryl methyl sites for hydroxylation is 4. The second-order valence-electron chi connectivity index (χ2n) is 5.91. The second kappa shape index (κ2) is 5.49. The molecule has 0 saturated heterocycles. The maximum atomic E-state index is 12.8. The van der Waals surface area contributed by atoms with Gasteiger partial charge in [0, 0.05) is 30.2 Å². The Hall–Kier alpha value is -2.06. The van der Waals surface area contributed by atoms with Crippen LogP contribution in [0.2, 0.25) is 0 Å². The third kappa shape index (κ3) is 2.29. The third-order valence-corrected chi connectivity index (χ3v) is 6.53. The summed E-state index contributed by atoms with van der Waals surface area (Å²) in [6.45, 7) is 3.79. The smallest absolute Gasteiger partial charge is 0.271 e. The van der Waals surface area contributed by atoms with Crippen LogP contribution in [0.25, 0.3) is 11.3 Å². The second-order valence-corrected chi connectivity index (χ2v) is 8.17. The lowest BCUT2D eigenvalue weighted by atomic mass is 10.0. The monoisotopic (exact) mass is 359 g/mol. The minimum atomic E-state index is -0.0457. The first kappa shape index (κ1) is 15.5. The summed E-state index contributed by atoms with van der Waals surface area (Å²) in [4.78, 5) is 25.4. The van der Waals surface area contributed by atoms with Crippen LogP contribution in [0.1, 0.15) is 30.9 Å². The van der Waals surface area contributed by atoms with Gasteiger partial charge in [-0.3, -0.25) is 14.4 Å². The third-order valence-electron chi connectivity index (χ3n) is 4.28. The highest BCUT2D eigenvalue weighted by Gasteiger charge is 2.27. The fourth-order valence-electron chi connectivity index (χ4n) is 3.02. The fraction of sp³-hybridized carbons (Fsp3) is 0.375. The topological polar surface area (TPSA) is 63.9 Å². The average molecular weight is 359 g/mol. The van der Waals surface area contributed by atoms with Crippen LogP contribution in [-0.2, 0) is 19.9 Å². The molecule has 3 aromatic rings. The molecule has 124 valence electrons. The molecule has 0 aromatic carbocycles. The summed E-state index contributed by atoms with van der Waals surface area (Å²) in [5, 5.41) is 5.98. The molecule has 0 fully saturated rings. The molecule has 24 heavy (non-hydrogen) atoms. The molecule has 0 aliphatic heterocycles. The van der Waals surface area contributed by atoms with Crippen LogP contribution in [0.15, 0.2) is 6.20 Å². The van der Waals surface area contributed by atoms with Crippen LogP contribution in [-0.4, -0.2) is 32.7 Å². The summed E-state index contributed by atoms with van der Waals surface area (Å²) in [7, 11) is 3.74. The molecule has 0 bridgehead atoms. The molecule has 0 unspecified atom stereocenters. The summed E-state index contributed by atoms with van der Waals surface area (Å²) in [5.74, 6) is -0.0457. The van der Waals surface area contributed by atoms with Crippen molar-refractivity contribution in [3.05, 3.63) is 32.3 Å². The Kier molecular flexibility index (Phi) is 3.54. The van der Waals surface area contributed by atoms with Gasteiger partial charge in [0.15, 0.2) is 5.13 Å². The Balaban J connectivity index is 1.70. The molecule has 0 atom stereocenters. The zero-order valence-corrected chi connectivity index (χ0v) is 15.6. The van der Waals surface area contributed by atoms with Crippen molar-refractivity contribution < 1.29 is 4.79 Å². The highest BCUT2D eigenvalue weighted by atomic mass is 32.1. The lowest BCUT2D eigenvalue weighted by Gasteiger charge is -2.12. The normalized spacial score (nSPS) is 12.8. The number of carbonyl (C=O) groups excluding carboxylic acids is 1. The first-order valence-corrected chi connectivity index (χ1v) is 9.32. The van der Waals surface area contributed by atoms with Gasteiger partial charge in [-0.2, -0.15) is 5.10 Å². The van der Waals surface area contributed by atoms with E-state index >= 15 is 0 Å². The van der Waals surface area contributed by atoms with Crippen LogP contribution in [0.3, 0.4) is 0 Å². The van der Waals surface area contributed by atoms with E-state index < -0.39 is 0 Å². The van der Waals surface area contributed by atoms with E-state index in [9.17, 15) is 4.79 Å². The van der Waals surface area contributed by atoms with Gasteiger partial charge in [-0.05, 0) is 26.7 Å². The lowest BCUT2D eigenvalue weighted by molar-refractivity contribution is 0.0996. The standard InChI is InChI=1S/C16H17N5OS2/c1-8-14(23-9(2)18-8)15(22)20(3)16-19-13-10-7-17-21(4)11(10)5-6-12(13)24-16/h7H,5-6H2,1-4H3. The van der Waals surface area contributed by atoms with Crippen molar-refractivity contribution in [2.45, 2.75) is 26.7 Å². The summed E-state index contributed by atoms with van der Waals surface area (Å²) in [6, 6.07) is 0. The first-order valence-electron chi connectivity index (χ1n) is 7.68. The Morgan fingerprint density at radius 3 is 2.75 bits per heavy atom. The van der Waals surface area contributed by atoms with Gasteiger partial charge in [-0.15, -0.1) is 22.7 Å². The molecule has 1 aliphatic rings. The number of hydrogen-bond donors (Lipinski definition) is 0. The Morgan fingerprint density at radius 1 is 1.25 bits per heavy atom. The first-order chi connectivity index (χ1) is 11.5. The number of thiazole rings is 2. The van der Waals surface area contributed by atoms with Crippen LogP contribution in [0, 0.1) is 13.8 Å². The molecule has 4 rings (SSSR count). The van der Waals surface area contributed by atoms with Gasteiger partial charge in [-0.25, -0.2) is 9.97 Å². The van der Waals surface area contributed by atoms with Gasteiger partial charge in [0.25, 0.3) is 5.91 Å². The SMILES string of the molecule is Cc1nc(C)c(C(=O)N(C)c2nc3c(s2)CCc2c-3cnn2C)s1. The van der Waals surface area contributed by atoms with Gasteiger partial charge in [0.1, 0.15) is 4.88 Å². The van der Waals surface area contributed by atoms with Crippen LogP contribution >= 0.6 is 22.7 Å². The zero-order valence-electron chi connectivity index (χ0n) is 14.0. The molecular formula is C16H17N5OS2. The van der Waals surface area contributed by atoms with E-state index in [1.54, 1.807) is 23.3 Å². The van der Waals surface area contributed by atoms with Crippen molar-refractivity contribution in [1.29, 1.82) is 0 Å². The number of aromatic nitrogens is 4. The number of anilines is 1. The molecule has 0 radical (unpaired) electrons. The molecular weight excluding hydrogens is 342 g/mol. The van der Waals surface area contributed by atoms with Gasteiger partial charge < -0.3 is 0 Å². The number of nitrogens with zero attached hydrogens (tertiary/aromatic N) is 5. The van der Waals surface area contributed by atoms with Crippen LogP contribution < -0.4 is 4.90 Å². The van der Waals surface area contributed by atoms with E-state index in [4.69, 9.17) is 4.98 Å². The van der Waals surface area contributed by atoms with E-state index in [0.29, 0.717) is 4.88 Å². The van der Waals surface area contributed by atoms with Crippen LogP contribution in [0.5, 0.6) is 0 Å². The van der Waals surface area contributed by atoms with E-state index in [2.05, 4.69) is 10.1 Å². The molecule has 0 N–H and O–H groups in total. The summed E-state index contributed by atoms with van der Waals surface area (Å²) >= 11 is 3.03. The summed E-state index contributed by atoms with van der Waals surface area (Å²) in [6.07, 6.45) is 3.78. The number of amides is 1. The maximum Gasteiger partial charge on any atom is 0.271 e. The number of hydrogen-bond acceptors (Lipinski definition) is 6. The van der Waals surface area contributed by atoms with Crippen molar-refractivity contribution in [2.75, 3.05) is 11.9 Å². The molecule has 3 heterocycles. The minimum Gasteiger partial charge on any atom is -0.286 e.